The van der Waals surface area contributed by atoms with Gasteiger partial charge in [-0.15, -0.1) is 0 Å². The predicted octanol–water partition coefficient (Wildman–Crippen LogP) is 3.74. The second kappa shape index (κ2) is 5.27. The summed E-state index contributed by atoms with van der Waals surface area (Å²) in [6.07, 6.45) is 2.18. The molecule has 0 aliphatic carbocycles. The Morgan fingerprint density at radius 3 is 2.78 bits per heavy atom. The van der Waals surface area contributed by atoms with Crippen LogP contribution in [0.15, 0.2) is 34.9 Å². The first-order chi connectivity index (χ1) is 8.67. The highest BCUT2D eigenvalue weighted by molar-refractivity contribution is 6.31. The zero-order chi connectivity index (χ0) is 13.1. The fourth-order valence-electron chi connectivity index (χ4n) is 1.82. The van der Waals surface area contributed by atoms with Crippen molar-refractivity contribution >= 4 is 17.4 Å². The molecule has 0 aliphatic rings. The number of methoxy groups -OCH3 is 1. The molecular formula is C14H13ClO3. The van der Waals surface area contributed by atoms with Crippen LogP contribution in [0.1, 0.15) is 28.6 Å². The molecule has 94 valence electrons. The average Bonchev–Trinajstić information content (AvgIpc) is 2.86. The molecule has 0 atom stereocenters. The van der Waals surface area contributed by atoms with Crippen LogP contribution in [0.5, 0.6) is 5.75 Å². The number of furan rings is 1. The number of carbonyl (C=O) groups excluding carboxylic acids is 1. The minimum atomic E-state index is -0.139. The Bertz CT molecular complexity index is 572. The summed E-state index contributed by atoms with van der Waals surface area (Å²) in [6, 6.07) is 6.64. The van der Waals surface area contributed by atoms with E-state index < -0.39 is 0 Å². The molecule has 1 aromatic heterocycles. The van der Waals surface area contributed by atoms with Crippen LogP contribution in [0.3, 0.4) is 0 Å². The molecule has 1 heterocycles. The molecule has 0 bridgehead atoms. The zero-order valence-electron chi connectivity index (χ0n) is 10.2. The van der Waals surface area contributed by atoms with Crippen LogP contribution in [0.25, 0.3) is 0 Å². The van der Waals surface area contributed by atoms with Gasteiger partial charge in [-0.25, -0.2) is 0 Å². The fraction of sp³-hybridized carbons (Fsp3) is 0.214. The summed E-state index contributed by atoms with van der Waals surface area (Å²) < 4.78 is 10.4. The van der Waals surface area contributed by atoms with Gasteiger partial charge in [-0.1, -0.05) is 18.5 Å². The van der Waals surface area contributed by atoms with Gasteiger partial charge in [-0.3, -0.25) is 4.79 Å². The van der Waals surface area contributed by atoms with Gasteiger partial charge in [0.1, 0.15) is 11.5 Å². The Balaban J connectivity index is 2.48. The van der Waals surface area contributed by atoms with E-state index in [1.165, 1.54) is 13.4 Å². The van der Waals surface area contributed by atoms with Crippen molar-refractivity contribution in [2.24, 2.45) is 0 Å². The van der Waals surface area contributed by atoms with Crippen molar-refractivity contribution in [2.75, 3.05) is 7.11 Å². The molecule has 0 N–H and O–H groups in total. The number of benzene rings is 1. The number of aryl methyl sites for hydroxylation is 1. The largest absolute Gasteiger partial charge is 0.496 e. The van der Waals surface area contributed by atoms with E-state index in [1.54, 1.807) is 24.3 Å². The molecule has 0 aliphatic heterocycles. The molecule has 0 fully saturated rings. The van der Waals surface area contributed by atoms with E-state index in [0.29, 0.717) is 34.1 Å². The van der Waals surface area contributed by atoms with E-state index in [-0.39, 0.29) is 5.78 Å². The van der Waals surface area contributed by atoms with Crippen molar-refractivity contribution in [3.8, 4) is 5.75 Å². The molecule has 0 radical (unpaired) electrons. The first-order valence-corrected chi connectivity index (χ1v) is 5.99. The molecule has 1 aromatic carbocycles. The summed E-state index contributed by atoms with van der Waals surface area (Å²) in [6.45, 7) is 1.94. The summed E-state index contributed by atoms with van der Waals surface area (Å²) in [5, 5.41) is 0.501. The van der Waals surface area contributed by atoms with Crippen molar-refractivity contribution in [3.63, 3.8) is 0 Å². The summed E-state index contributed by atoms with van der Waals surface area (Å²) in [5.74, 6) is 1.04. The molecule has 0 saturated heterocycles. The van der Waals surface area contributed by atoms with E-state index in [4.69, 9.17) is 20.8 Å². The van der Waals surface area contributed by atoms with Gasteiger partial charge in [0.15, 0.2) is 5.78 Å². The van der Waals surface area contributed by atoms with Crippen LogP contribution in [-0.4, -0.2) is 12.9 Å². The average molecular weight is 265 g/mol. The Hall–Kier alpha value is -1.74. The lowest BCUT2D eigenvalue weighted by atomic mass is 10.0. The number of ether oxygens (including phenoxy) is 1. The lowest BCUT2D eigenvalue weighted by Crippen LogP contribution is -2.05. The highest BCUT2D eigenvalue weighted by Gasteiger charge is 2.19. The van der Waals surface area contributed by atoms with Crippen LogP contribution in [0, 0.1) is 0 Å². The van der Waals surface area contributed by atoms with Crippen LogP contribution in [0.2, 0.25) is 5.02 Å². The van der Waals surface area contributed by atoms with Crippen molar-refractivity contribution in [2.45, 2.75) is 13.3 Å². The summed E-state index contributed by atoms with van der Waals surface area (Å²) in [7, 11) is 1.52. The lowest BCUT2D eigenvalue weighted by Gasteiger charge is -2.07. The van der Waals surface area contributed by atoms with Crippen molar-refractivity contribution in [3.05, 3.63) is 52.4 Å². The normalized spacial score (nSPS) is 10.4. The number of halogens is 1. The van der Waals surface area contributed by atoms with Gasteiger partial charge in [-0.2, -0.15) is 0 Å². The quantitative estimate of drug-likeness (QED) is 0.790. The number of hydrogen-bond acceptors (Lipinski definition) is 3. The van der Waals surface area contributed by atoms with Crippen molar-refractivity contribution in [1.82, 2.24) is 0 Å². The van der Waals surface area contributed by atoms with E-state index in [9.17, 15) is 4.79 Å². The second-order valence-electron chi connectivity index (χ2n) is 3.78. The fourth-order valence-corrected chi connectivity index (χ4v) is 1.99. The topological polar surface area (TPSA) is 39.4 Å². The molecule has 2 aromatic rings. The van der Waals surface area contributed by atoms with E-state index >= 15 is 0 Å². The lowest BCUT2D eigenvalue weighted by molar-refractivity contribution is 0.103. The molecule has 0 unspecified atom stereocenters. The Morgan fingerprint density at radius 1 is 1.33 bits per heavy atom. The van der Waals surface area contributed by atoms with E-state index in [2.05, 4.69) is 0 Å². The van der Waals surface area contributed by atoms with Gasteiger partial charge in [0.2, 0.25) is 0 Å². The standard InChI is InChI=1S/C14H13ClO3/c1-3-12-10(6-7-18-12)14(16)11-8-9(15)4-5-13(11)17-2/h4-8H,3H2,1-2H3. The maximum Gasteiger partial charge on any atom is 0.200 e. The van der Waals surface area contributed by atoms with Crippen molar-refractivity contribution < 1.29 is 13.9 Å². The highest BCUT2D eigenvalue weighted by atomic mass is 35.5. The smallest absolute Gasteiger partial charge is 0.200 e. The summed E-state index contributed by atoms with van der Waals surface area (Å²) in [5.41, 5.74) is 0.999. The number of ketones is 1. The second-order valence-corrected chi connectivity index (χ2v) is 4.22. The van der Waals surface area contributed by atoms with E-state index in [0.717, 1.165) is 0 Å². The van der Waals surface area contributed by atoms with Gasteiger partial charge in [-0.05, 0) is 24.3 Å². The maximum atomic E-state index is 12.4. The third kappa shape index (κ3) is 2.27. The van der Waals surface area contributed by atoms with E-state index in [1.807, 2.05) is 6.92 Å². The molecule has 0 amide bonds. The highest BCUT2D eigenvalue weighted by Crippen LogP contribution is 2.26. The molecule has 0 saturated carbocycles. The molecule has 3 nitrogen and oxygen atoms in total. The monoisotopic (exact) mass is 264 g/mol. The van der Waals surface area contributed by atoms with Crippen LogP contribution < -0.4 is 4.74 Å². The number of hydrogen-bond donors (Lipinski definition) is 0. The van der Waals surface area contributed by atoms with Gasteiger partial charge in [0.05, 0.1) is 24.5 Å². The minimum absolute atomic E-state index is 0.139. The maximum absolute atomic E-state index is 12.4. The number of rotatable bonds is 4. The molecule has 4 heteroatoms. The Kier molecular flexibility index (Phi) is 3.72. The molecule has 2 rings (SSSR count). The van der Waals surface area contributed by atoms with Gasteiger partial charge < -0.3 is 9.15 Å². The predicted molar refractivity (Wildman–Crippen MR) is 69.5 cm³/mol. The zero-order valence-corrected chi connectivity index (χ0v) is 11.0. The van der Waals surface area contributed by atoms with Crippen LogP contribution >= 0.6 is 11.6 Å². The molecular weight excluding hydrogens is 252 g/mol. The van der Waals surface area contributed by atoms with Gasteiger partial charge >= 0.3 is 0 Å². The summed E-state index contributed by atoms with van der Waals surface area (Å²) in [4.78, 5) is 12.4. The van der Waals surface area contributed by atoms with Gasteiger partial charge in [0.25, 0.3) is 0 Å². The minimum Gasteiger partial charge on any atom is -0.496 e. The first kappa shape index (κ1) is 12.7. The SMILES string of the molecule is CCc1occc1C(=O)c1cc(Cl)ccc1OC. The summed E-state index contributed by atoms with van der Waals surface area (Å²) >= 11 is 5.92. The third-order valence-corrected chi connectivity index (χ3v) is 2.95. The molecule has 18 heavy (non-hydrogen) atoms. The van der Waals surface area contributed by atoms with Gasteiger partial charge in [0, 0.05) is 11.4 Å². The van der Waals surface area contributed by atoms with Crippen LogP contribution in [-0.2, 0) is 6.42 Å². The van der Waals surface area contributed by atoms with Crippen LogP contribution in [0.4, 0.5) is 0 Å². The number of carbonyl (C=O) groups is 1. The Labute approximate surface area is 110 Å². The third-order valence-electron chi connectivity index (χ3n) is 2.72. The van der Waals surface area contributed by atoms with Crippen molar-refractivity contribution in [1.29, 1.82) is 0 Å². The first-order valence-electron chi connectivity index (χ1n) is 5.62. The molecule has 0 spiro atoms. The Morgan fingerprint density at radius 2 is 2.11 bits per heavy atom.